The lowest BCUT2D eigenvalue weighted by atomic mass is 9.97. The number of ether oxygens (including phenoxy) is 1. The van der Waals surface area contributed by atoms with E-state index in [1.807, 2.05) is 24.3 Å². The van der Waals surface area contributed by atoms with Crippen molar-refractivity contribution in [3.05, 3.63) is 70.5 Å². The SMILES string of the molecule is CCCCc1oc2ccc(C(=O)O)cc2c1C(=O)c1ccc(COCCN(CCCC)CCCC)cc1. The first-order chi connectivity index (χ1) is 18.0. The molecule has 0 aliphatic heterocycles. The van der Waals surface area contributed by atoms with E-state index in [0.717, 1.165) is 38.0 Å². The second kappa shape index (κ2) is 14.7. The molecule has 0 bridgehead atoms. The summed E-state index contributed by atoms with van der Waals surface area (Å²) < 4.78 is 11.9. The van der Waals surface area contributed by atoms with E-state index in [2.05, 4.69) is 25.7 Å². The number of nitrogens with zero attached hydrogens (tertiary/aromatic N) is 1. The monoisotopic (exact) mass is 507 g/mol. The zero-order valence-corrected chi connectivity index (χ0v) is 22.6. The lowest BCUT2D eigenvalue weighted by Gasteiger charge is -2.21. The normalized spacial score (nSPS) is 11.5. The van der Waals surface area contributed by atoms with E-state index in [-0.39, 0.29) is 11.3 Å². The average molecular weight is 508 g/mol. The maximum atomic E-state index is 13.6. The topological polar surface area (TPSA) is 80.0 Å². The zero-order chi connectivity index (χ0) is 26.6. The Kier molecular flexibility index (Phi) is 11.4. The molecule has 0 aliphatic rings. The number of ketones is 1. The highest BCUT2D eigenvalue weighted by atomic mass is 16.5. The van der Waals surface area contributed by atoms with E-state index >= 15 is 0 Å². The molecule has 0 amide bonds. The zero-order valence-electron chi connectivity index (χ0n) is 22.6. The van der Waals surface area contributed by atoms with Crippen molar-refractivity contribution in [2.45, 2.75) is 72.3 Å². The Hall–Kier alpha value is -2.96. The summed E-state index contributed by atoms with van der Waals surface area (Å²) in [4.78, 5) is 27.6. The lowest BCUT2D eigenvalue weighted by Crippen LogP contribution is -2.29. The third-order valence-corrected chi connectivity index (χ3v) is 6.68. The first-order valence-electron chi connectivity index (χ1n) is 13.7. The number of hydrogen-bond acceptors (Lipinski definition) is 5. The largest absolute Gasteiger partial charge is 0.478 e. The number of fused-ring (bicyclic) bond motifs is 1. The van der Waals surface area contributed by atoms with Crippen molar-refractivity contribution in [2.75, 3.05) is 26.2 Å². The van der Waals surface area contributed by atoms with Crippen LogP contribution in [0.4, 0.5) is 0 Å². The van der Waals surface area contributed by atoms with E-state index in [9.17, 15) is 14.7 Å². The maximum Gasteiger partial charge on any atom is 0.335 e. The van der Waals surface area contributed by atoms with Gasteiger partial charge >= 0.3 is 5.97 Å². The van der Waals surface area contributed by atoms with Crippen LogP contribution in [-0.2, 0) is 17.8 Å². The highest BCUT2D eigenvalue weighted by Gasteiger charge is 2.23. The van der Waals surface area contributed by atoms with Gasteiger partial charge in [0.15, 0.2) is 5.78 Å². The van der Waals surface area contributed by atoms with Crippen LogP contribution in [-0.4, -0.2) is 48.0 Å². The van der Waals surface area contributed by atoms with Crippen molar-refractivity contribution in [1.82, 2.24) is 4.90 Å². The summed E-state index contributed by atoms with van der Waals surface area (Å²) in [5, 5.41) is 9.99. The van der Waals surface area contributed by atoms with E-state index < -0.39 is 5.97 Å². The van der Waals surface area contributed by atoms with Crippen molar-refractivity contribution in [3.8, 4) is 0 Å². The van der Waals surface area contributed by atoms with Crippen molar-refractivity contribution < 1.29 is 23.8 Å². The van der Waals surface area contributed by atoms with Crippen LogP contribution in [0.3, 0.4) is 0 Å². The van der Waals surface area contributed by atoms with Gasteiger partial charge in [-0.3, -0.25) is 4.79 Å². The number of carbonyl (C=O) groups excluding carboxylic acids is 1. The van der Waals surface area contributed by atoms with Gasteiger partial charge in [-0.05, 0) is 56.1 Å². The van der Waals surface area contributed by atoms with E-state index in [0.29, 0.717) is 47.5 Å². The van der Waals surface area contributed by atoms with Crippen molar-refractivity contribution in [1.29, 1.82) is 0 Å². The summed E-state index contributed by atoms with van der Waals surface area (Å²) in [6.07, 6.45) is 7.30. The van der Waals surface area contributed by atoms with Gasteiger partial charge in [-0.25, -0.2) is 4.79 Å². The molecule has 6 nitrogen and oxygen atoms in total. The number of rotatable bonds is 17. The Morgan fingerprint density at radius 2 is 1.51 bits per heavy atom. The number of furan rings is 1. The maximum absolute atomic E-state index is 13.6. The molecule has 0 radical (unpaired) electrons. The van der Waals surface area contributed by atoms with Crippen LogP contribution >= 0.6 is 0 Å². The van der Waals surface area contributed by atoms with Crippen LogP contribution in [0.2, 0.25) is 0 Å². The molecule has 0 saturated heterocycles. The minimum absolute atomic E-state index is 0.139. The average Bonchev–Trinajstić information content (AvgIpc) is 3.28. The van der Waals surface area contributed by atoms with Crippen LogP contribution in [0.1, 0.15) is 96.9 Å². The first kappa shape index (κ1) is 28.6. The minimum Gasteiger partial charge on any atom is -0.478 e. The summed E-state index contributed by atoms with van der Waals surface area (Å²) >= 11 is 0. The molecular weight excluding hydrogens is 466 g/mol. The van der Waals surface area contributed by atoms with Crippen molar-refractivity contribution >= 4 is 22.7 Å². The summed E-state index contributed by atoms with van der Waals surface area (Å²) in [6, 6.07) is 12.2. The van der Waals surface area contributed by atoms with Gasteiger partial charge in [0.2, 0.25) is 0 Å². The molecule has 0 unspecified atom stereocenters. The predicted octanol–water partition coefficient (Wildman–Crippen LogP) is 7.12. The molecule has 0 atom stereocenters. The molecule has 1 N–H and O–H groups in total. The van der Waals surface area contributed by atoms with Crippen LogP contribution in [0.5, 0.6) is 0 Å². The smallest absolute Gasteiger partial charge is 0.335 e. The van der Waals surface area contributed by atoms with Gasteiger partial charge in [-0.1, -0.05) is 64.3 Å². The third-order valence-electron chi connectivity index (χ3n) is 6.68. The standard InChI is InChI=1S/C31H41NO5/c1-4-7-10-28-29(26-21-25(31(34)35)15-16-27(26)37-28)30(33)24-13-11-23(12-14-24)22-36-20-19-32(17-8-5-2)18-9-6-3/h11-16,21H,4-10,17-20,22H2,1-3H3,(H,34,35). The number of aryl methyl sites for hydroxylation is 1. The number of aromatic carboxylic acids is 1. The number of carboxylic acid groups (broad SMARTS) is 1. The fourth-order valence-corrected chi connectivity index (χ4v) is 4.42. The Labute approximate surface area is 220 Å². The highest BCUT2D eigenvalue weighted by Crippen LogP contribution is 2.30. The number of carboxylic acids is 1. The summed E-state index contributed by atoms with van der Waals surface area (Å²) in [5.74, 6) is -0.561. The number of hydrogen-bond donors (Lipinski definition) is 1. The number of unbranched alkanes of at least 4 members (excludes halogenated alkanes) is 3. The molecule has 3 aromatic rings. The van der Waals surface area contributed by atoms with Gasteiger partial charge in [-0.2, -0.15) is 0 Å². The Morgan fingerprint density at radius 3 is 2.14 bits per heavy atom. The highest BCUT2D eigenvalue weighted by molar-refractivity contribution is 6.17. The van der Waals surface area contributed by atoms with Gasteiger partial charge in [0.05, 0.1) is 24.3 Å². The first-order valence-corrected chi connectivity index (χ1v) is 13.7. The minimum atomic E-state index is -1.03. The molecular formula is C31H41NO5. The molecule has 0 fully saturated rings. The molecule has 1 heterocycles. The van der Waals surface area contributed by atoms with Gasteiger partial charge in [0.1, 0.15) is 11.3 Å². The number of benzene rings is 2. The lowest BCUT2D eigenvalue weighted by molar-refractivity contribution is 0.0696. The quantitative estimate of drug-likeness (QED) is 0.155. The molecule has 37 heavy (non-hydrogen) atoms. The Bertz CT molecular complexity index is 1140. The molecule has 2 aromatic carbocycles. The molecule has 0 aliphatic carbocycles. The van der Waals surface area contributed by atoms with E-state index in [1.165, 1.54) is 37.8 Å². The number of carbonyl (C=O) groups is 2. The third kappa shape index (κ3) is 8.01. The van der Waals surface area contributed by atoms with Crippen LogP contribution in [0.25, 0.3) is 11.0 Å². The van der Waals surface area contributed by atoms with Crippen molar-refractivity contribution in [3.63, 3.8) is 0 Å². The van der Waals surface area contributed by atoms with Gasteiger partial charge in [-0.15, -0.1) is 0 Å². The van der Waals surface area contributed by atoms with Gasteiger partial charge < -0.3 is 19.2 Å². The fourth-order valence-electron chi connectivity index (χ4n) is 4.42. The molecule has 1 aromatic heterocycles. The second-order valence-corrected chi connectivity index (χ2v) is 9.65. The summed E-state index contributed by atoms with van der Waals surface area (Å²) in [7, 11) is 0. The van der Waals surface area contributed by atoms with Gasteiger partial charge in [0.25, 0.3) is 0 Å². The predicted molar refractivity (Wildman–Crippen MR) is 148 cm³/mol. The van der Waals surface area contributed by atoms with Crippen LogP contribution in [0.15, 0.2) is 46.9 Å². The van der Waals surface area contributed by atoms with Crippen LogP contribution < -0.4 is 0 Å². The Balaban J connectivity index is 1.68. The Morgan fingerprint density at radius 1 is 0.865 bits per heavy atom. The van der Waals surface area contributed by atoms with Crippen LogP contribution in [0, 0.1) is 0 Å². The molecule has 0 saturated carbocycles. The second-order valence-electron chi connectivity index (χ2n) is 9.65. The summed E-state index contributed by atoms with van der Waals surface area (Å²) in [6.45, 7) is 10.9. The van der Waals surface area contributed by atoms with E-state index in [4.69, 9.17) is 9.15 Å². The van der Waals surface area contributed by atoms with E-state index in [1.54, 1.807) is 6.07 Å². The molecule has 6 heteroatoms. The fraction of sp³-hybridized carbons (Fsp3) is 0.484. The van der Waals surface area contributed by atoms with Gasteiger partial charge in [0, 0.05) is 23.9 Å². The molecule has 3 rings (SSSR count). The molecule has 0 spiro atoms. The summed E-state index contributed by atoms with van der Waals surface area (Å²) in [5.41, 5.74) is 2.71. The van der Waals surface area contributed by atoms with Crippen molar-refractivity contribution in [2.24, 2.45) is 0 Å². The molecule has 200 valence electrons.